The van der Waals surface area contributed by atoms with Crippen molar-refractivity contribution in [3.05, 3.63) is 75.0 Å². The fourth-order valence-electron chi connectivity index (χ4n) is 4.13. The Bertz CT molecular complexity index is 1200. The van der Waals surface area contributed by atoms with Gasteiger partial charge in [-0.25, -0.2) is 0 Å². The first-order valence-electron chi connectivity index (χ1n) is 12.0. The summed E-state index contributed by atoms with van der Waals surface area (Å²) in [5, 5.41) is 30.9. The van der Waals surface area contributed by atoms with E-state index in [2.05, 4.69) is 5.32 Å². The normalized spacial score (nSPS) is 14.1. The molecule has 2 unspecified atom stereocenters. The second kappa shape index (κ2) is 12.7. The SMILES string of the molecule is Cc1cc(OC(CCC(F)(F)F)c2ccc(C(O)NCCC(O)O)s2)cc(C)c1-c1ccc(C(F)(F)F)cc1. The minimum absolute atomic E-state index is 0.0201. The van der Waals surface area contributed by atoms with Gasteiger partial charge in [-0.3, -0.25) is 5.32 Å². The highest BCUT2D eigenvalue weighted by molar-refractivity contribution is 7.12. The van der Waals surface area contributed by atoms with Crippen LogP contribution in [0, 0.1) is 13.8 Å². The third kappa shape index (κ3) is 8.94. The van der Waals surface area contributed by atoms with Gasteiger partial charge in [-0.15, -0.1) is 11.3 Å². The molecule has 5 nitrogen and oxygen atoms in total. The monoisotopic (exact) mass is 577 g/mol. The molecule has 0 saturated heterocycles. The third-order valence-electron chi connectivity index (χ3n) is 5.95. The minimum atomic E-state index is -4.46. The van der Waals surface area contributed by atoms with Crippen LogP contribution in [0.25, 0.3) is 11.1 Å². The number of benzene rings is 2. The van der Waals surface area contributed by atoms with Crippen molar-refractivity contribution in [1.29, 1.82) is 0 Å². The lowest BCUT2D eigenvalue weighted by Gasteiger charge is -2.21. The minimum Gasteiger partial charge on any atom is -0.485 e. The van der Waals surface area contributed by atoms with E-state index in [1.165, 1.54) is 12.1 Å². The van der Waals surface area contributed by atoms with Crippen molar-refractivity contribution in [2.75, 3.05) is 6.54 Å². The molecule has 2 aromatic carbocycles. The van der Waals surface area contributed by atoms with Gasteiger partial charge < -0.3 is 20.1 Å². The summed E-state index contributed by atoms with van der Waals surface area (Å²) in [7, 11) is 0. The number of hydrogen-bond acceptors (Lipinski definition) is 6. The van der Waals surface area contributed by atoms with Crippen LogP contribution in [-0.4, -0.2) is 34.3 Å². The van der Waals surface area contributed by atoms with Gasteiger partial charge in [0, 0.05) is 29.1 Å². The average Bonchev–Trinajstić information content (AvgIpc) is 3.30. The second-order valence-electron chi connectivity index (χ2n) is 9.13. The van der Waals surface area contributed by atoms with Crippen molar-refractivity contribution in [1.82, 2.24) is 5.32 Å². The number of alkyl halides is 6. The molecule has 0 fully saturated rings. The van der Waals surface area contributed by atoms with Crippen LogP contribution in [0.2, 0.25) is 0 Å². The van der Waals surface area contributed by atoms with Gasteiger partial charge in [-0.2, -0.15) is 26.3 Å². The zero-order valence-corrected chi connectivity index (χ0v) is 21.9. The van der Waals surface area contributed by atoms with Gasteiger partial charge in [0.1, 0.15) is 18.1 Å². The molecule has 12 heteroatoms. The van der Waals surface area contributed by atoms with Crippen LogP contribution in [0.1, 0.15) is 58.0 Å². The van der Waals surface area contributed by atoms with Crippen LogP contribution in [0.4, 0.5) is 26.3 Å². The summed E-state index contributed by atoms with van der Waals surface area (Å²) in [4.78, 5) is 0.877. The van der Waals surface area contributed by atoms with Crippen LogP contribution in [0.15, 0.2) is 48.5 Å². The number of rotatable bonds is 11. The zero-order chi connectivity index (χ0) is 29.0. The second-order valence-corrected chi connectivity index (χ2v) is 10.3. The predicted molar refractivity (Wildman–Crippen MR) is 135 cm³/mol. The first kappa shape index (κ1) is 30.9. The van der Waals surface area contributed by atoms with E-state index >= 15 is 0 Å². The van der Waals surface area contributed by atoms with Crippen LogP contribution < -0.4 is 10.1 Å². The maximum atomic E-state index is 13.1. The van der Waals surface area contributed by atoms with Crippen LogP contribution in [-0.2, 0) is 6.18 Å². The third-order valence-corrected chi connectivity index (χ3v) is 7.18. The summed E-state index contributed by atoms with van der Waals surface area (Å²) < 4.78 is 84.0. The lowest BCUT2D eigenvalue weighted by atomic mass is 9.94. The maximum absolute atomic E-state index is 13.1. The number of ether oxygens (including phenoxy) is 1. The topological polar surface area (TPSA) is 82.0 Å². The van der Waals surface area contributed by atoms with Crippen molar-refractivity contribution in [3.8, 4) is 16.9 Å². The molecule has 0 aliphatic heterocycles. The van der Waals surface area contributed by atoms with E-state index < -0.39 is 43.0 Å². The standard InChI is InChI=1S/C27H29F6NO4S/c1-15-13-19(14-16(2)24(15)17-3-5-18(6-4-17)27(31,32)33)38-20(9-11-26(28,29)30)21-7-8-22(39-21)25(37)34-12-10-23(35)36/h3-8,13-14,20,23,25,34-37H,9-12H2,1-2H3. The van der Waals surface area contributed by atoms with Crippen LogP contribution >= 0.6 is 11.3 Å². The van der Waals surface area contributed by atoms with E-state index in [9.17, 15) is 31.4 Å². The number of hydrogen-bond donors (Lipinski definition) is 4. The number of halogens is 6. The zero-order valence-electron chi connectivity index (χ0n) is 21.1. The van der Waals surface area contributed by atoms with Gasteiger partial charge in [0.25, 0.3) is 0 Å². The molecule has 0 radical (unpaired) electrons. The van der Waals surface area contributed by atoms with E-state index in [-0.39, 0.29) is 19.4 Å². The number of aliphatic hydroxyl groups excluding tert-OH is 2. The maximum Gasteiger partial charge on any atom is 0.416 e. The number of aryl methyl sites for hydroxylation is 2. The molecule has 0 bridgehead atoms. The summed E-state index contributed by atoms with van der Waals surface area (Å²) >= 11 is 1.07. The Labute approximate surface area is 225 Å². The van der Waals surface area contributed by atoms with E-state index in [1.54, 1.807) is 38.1 Å². The molecule has 4 N–H and O–H groups in total. The van der Waals surface area contributed by atoms with Crippen molar-refractivity contribution < 1.29 is 46.4 Å². The molecule has 0 spiro atoms. The van der Waals surface area contributed by atoms with Crippen molar-refractivity contribution in [2.24, 2.45) is 0 Å². The first-order valence-corrected chi connectivity index (χ1v) is 12.8. The fourth-order valence-corrected chi connectivity index (χ4v) is 5.17. The Balaban J connectivity index is 1.83. The highest BCUT2D eigenvalue weighted by Gasteiger charge is 2.31. The van der Waals surface area contributed by atoms with Crippen LogP contribution in [0.3, 0.4) is 0 Å². The highest BCUT2D eigenvalue weighted by Crippen LogP contribution is 2.38. The molecule has 2 atom stereocenters. The smallest absolute Gasteiger partial charge is 0.416 e. The molecule has 3 rings (SSSR count). The molecule has 0 aliphatic carbocycles. The summed E-state index contributed by atoms with van der Waals surface area (Å²) in [6.45, 7) is 3.59. The van der Waals surface area contributed by atoms with E-state index in [4.69, 9.17) is 14.9 Å². The summed E-state index contributed by atoms with van der Waals surface area (Å²) in [5.41, 5.74) is 1.85. The Morgan fingerprint density at radius 3 is 1.97 bits per heavy atom. The molecule has 1 aromatic heterocycles. The summed E-state index contributed by atoms with van der Waals surface area (Å²) in [6.07, 6.45) is -14.0. The van der Waals surface area contributed by atoms with Gasteiger partial charge in [0.15, 0.2) is 6.29 Å². The molecule has 1 heterocycles. The average molecular weight is 578 g/mol. The Kier molecular flexibility index (Phi) is 10.1. The lowest BCUT2D eigenvalue weighted by Crippen LogP contribution is -2.24. The van der Waals surface area contributed by atoms with E-state index in [0.717, 1.165) is 23.5 Å². The molecule has 39 heavy (non-hydrogen) atoms. The molecular formula is C27H29F6NO4S. The molecular weight excluding hydrogens is 548 g/mol. The summed E-state index contributed by atoms with van der Waals surface area (Å²) in [5.74, 6) is 0.304. The fraction of sp³-hybridized carbons (Fsp3) is 0.407. The number of nitrogens with one attached hydrogen (secondary N) is 1. The molecule has 0 aliphatic rings. The van der Waals surface area contributed by atoms with Gasteiger partial charge in [0.2, 0.25) is 0 Å². The van der Waals surface area contributed by atoms with Crippen molar-refractivity contribution >= 4 is 11.3 Å². The van der Waals surface area contributed by atoms with Crippen LogP contribution in [0.5, 0.6) is 5.75 Å². The first-order chi connectivity index (χ1) is 18.1. The van der Waals surface area contributed by atoms with Gasteiger partial charge >= 0.3 is 12.4 Å². The Morgan fingerprint density at radius 1 is 0.846 bits per heavy atom. The van der Waals surface area contributed by atoms with Gasteiger partial charge in [-0.1, -0.05) is 12.1 Å². The largest absolute Gasteiger partial charge is 0.485 e. The number of thiophene rings is 1. The lowest BCUT2D eigenvalue weighted by molar-refractivity contribution is -0.139. The molecule has 0 amide bonds. The van der Waals surface area contributed by atoms with Crippen molar-refractivity contribution in [2.45, 2.75) is 64.1 Å². The quantitative estimate of drug-likeness (QED) is 0.149. The molecule has 0 saturated carbocycles. The number of aliphatic hydroxyl groups is 3. The predicted octanol–water partition coefficient (Wildman–Crippen LogP) is 6.79. The molecule has 214 valence electrons. The highest BCUT2D eigenvalue weighted by atomic mass is 32.1. The molecule has 3 aromatic rings. The van der Waals surface area contributed by atoms with E-state index in [0.29, 0.717) is 37.8 Å². The Morgan fingerprint density at radius 2 is 1.44 bits per heavy atom. The summed E-state index contributed by atoms with van der Waals surface area (Å²) in [6, 6.07) is 11.1. The van der Waals surface area contributed by atoms with Gasteiger partial charge in [0.05, 0.1) is 5.56 Å². The van der Waals surface area contributed by atoms with Gasteiger partial charge in [-0.05, 0) is 78.9 Å². The Hall–Kier alpha value is -2.64. The van der Waals surface area contributed by atoms with E-state index in [1.807, 2.05) is 0 Å². The van der Waals surface area contributed by atoms with Crippen molar-refractivity contribution in [3.63, 3.8) is 0 Å².